The molecule has 0 radical (unpaired) electrons. The smallest absolute Gasteiger partial charge is 0.480 e. The molecular formula is C100H142N12O32S2. The summed E-state index contributed by atoms with van der Waals surface area (Å²) in [7, 11) is 7.23. The van der Waals surface area contributed by atoms with Gasteiger partial charge in [0.05, 0.1) is 54.9 Å². The molecule has 3 fully saturated rings. The van der Waals surface area contributed by atoms with Crippen LogP contribution in [0.1, 0.15) is 233 Å². The number of aliphatic carboxylic acids is 1. The second-order valence-corrected chi connectivity index (χ2v) is 38.9. The molecule has 0 unspecified atom stereocenters. The molecule has 3 aliphatic heterocycles. The predicted octanol–water partition coefficient (Wildman–Crippen LogP) is 7.61. The number of esters is 1. The van der Waals surface area contributed by atoms with E-state index in [1.54, 1.807) is 99.0 Å². The van der Waals surface area contributed by atoms with Gasteiger partial charge in [0.1, 0.15) is 42.2 Å². The van der Waals surface area contributed by atoms with Gasteiger partial charge in [-0.1, -0.05) is 120 Å². The van der Waals surface area contributed by atoms with E-state index in [0.717, 1.165) is 16.2 Å². The van der Waals surface area contributed by atoms with Crippen molar-refractivity contribution in [3.05, 3.63) is 106 Å². The van der Waals surface area contributed by atoms with Crippen LogP contribution in [0, 0.1) is 54.3 Å². The van der Waals surface area contributed by atoms with Crippen LogP contribution in [-0.2, 0) is 131 Å². The van der Waals surface area contributed by atoms with Crippen LogP contribution < -0.4 is 38.3 Å². The SMILES string of the molecule is CCC[C@H](NC(=O)c1ccc(NCc2cnc3nc(C)[nH]c(=O)c3n2)cc1)C(=O)O.CO[C@H]1C[C@@H]2CC[C@@H](C)[C@@](O)(O2)C(=O)C(=O)N2CCCC[C@H]2C(=O)O[C@H]([C@H](C)C[C@@H]2CC[C@@H](O)[C@H](OC)C2)CC(=O)[C@H](C)/C=C(\C)[C@@H](OC(=O)OCCSSCCCC(=O)[C@H](C)NC(=O)[C@H](C)CC(=O)[C@H](CCCN=C(N)N)NC(=O)[C@H](C)CC(C)=O)[C@@H](OC)C(=O)[C@H](C)C[C@H](C)/C=C/C=C/C=C/1C.O=C=O.O=C=O.O=C=O.O=C=O. The van der Waals surface area contributed by atoms with E-state index in [1.165, 1.54) is 42.7 Å². The number of fused-ring (bicyclic) bond motifs is 4. The number of hydrogen-bond donors (Lipinski definition) is 10. The zero-order chi connectivity index (χ0) is 110. The van der Waals surface area contributed by atoms with Gasteiger partial charge in [0, 0.05) is 119 Å². The molecule has 1 aromatic carbocycles. The number of nitrogens with two attached hydrogens (primary N) is 2. The van der Waals surface area contributed by atoms with Crippen LogP contribution in [0.4, 0.5) is 10.5 Å². The number of methoxy groups -OCH3 is 3. The Kier molecular flexibility index (Phi) is 61.8. The van der Waals surface area contributed by atoms with E-state index in [4.69, 9.17) is 88.1 Å². The summed E-state index contributed by atoms with van der Waals surface area (Å²) in [5, 5.41) is 43.0. The summed E-state index contributed by atoms with van der Waals surface area (Å²) in [5.74, 6) is -12.8. The number of anilines is 1. The Hall–Kier alpha value is -12.4. The number of carbonyl (C=O) groups is 13. The molecule has 2 aromatic heterocycles. The fourth-order valence-electron chi connectivity index (χ4n) is 16.7. The van der Waals surface area contributed by atoms with Crippen molar-refractivity contribution in [1.82, 2.24) is 40.8 Å². The summed E-state index contributed by atoms with van der Waals surface area (Å²) in [6.45, 7) is 22.4. The van der Waals surface area contributed by atoms with Gasteiger partial charge in [-0.25, -0.2) is 29.3 Å². The number of amides is 4. The van der Waals surface area contributed by atoms with Crippen molar-refractivity contribution >= 4 is 145 Å². The normalized spacial score (nSPS) is 24.4. The Balaban J connectivity index is 0.00000141. The number of rotatable bonds is 37. The molecule has 12 N–H and O–H groups in total. The van der Waals surface area contributed by atoms with Crippen molar-refractivity contribution in [2.24, 2.45) is 63.8 Å². The quantitative estimate of drug-likeness (QED) is 0.00505. The van der Waals surface area contributed by atoms with Crippen molar-refractivity contribution in [2.45, 2.75) is 298 Å². The minimum absolute atomic E-state index is 0.00245. The molecule has 806 valence electrons. The Labute approximate surface area is 855 Å². The molecular weight excluding hydrogens is 1950 g/mol. The van der Waals surface area contributed by atoms with Gasteiger partial charge in [-0.15, -0.1) is 0 Å². The van der Waals surface area contributed by atoms with Gasteiger partial charge in [-0.2, -0.15) is 38.4 Å². The monoisotopic (exact) mass is 2090 g/mol. The first kappa shape index (κ1) is 130. The highest BCUT2D eigenvalue weighted by Gasteiger charge is 2.53. The number of ketones is 6. The minimum Gasteiger partial charge on any atom is -0.480 e. The lowest BCUT2D eigenvalue weighted by molar-refractivity contribution is -0.265. The first-order chi connectivity index (χ1) is 69.2. The van der Waals surface area contributed by atoms with Crippen LogP contribution in [0.5, 0.6) is 0 Å². The minimum atomic E-state index is -2.50. The van der Waals surface area contributed by atoms with Gasteiger partial charge in [-0.05, 0) is 178 Å². The number of H-pyrrole nitrogens is 1. The van der Waals surface area contributed by atoms with Crippen LogP contribution in [0.3, 0.4) is 0 Å². The molecule has 3 aromatic rings. The highest BCUT2D eigenvalue weighted by molar-refractivity contribution is 8.76. The third-order valence-electron chi connectivity index (χ3n) is 24.7. The number of aliphatic hydroxyl groups is 2. The molecule has 4 amide bonds. The number of aryl methyl sites for hydroxylation is 1. The van der Waals surface area contributed by atoms with Crippen molar-refractivity contribution in [2.75, 3.05) is 57.8 Å². The lowest BCUT2D eigenvalue weighted by atomic mass is 9.78. The van der Waals surface area contributed by atoms with Gasteiger partial charge in [-0.3, -0.25) is 52.9 Å². The lowest BCUT2D eigenvalue weighted by Crippen LogP contribution is -2.61. The number of nitrogens with zero attached hydrogens (tertiary/aromatic N) is 5. The molecule has 44 nitrogen and oxygen atoms in total. The number of aromatic amines is 1. The summed E-state index contributed by atoms with van der Waals surface area (Å²) in [5.41, 5.74) is 13.8. The molecule has 2 saturated heterocycles. The number of guanidine groups is 1. The summed E-state index contributed by atoms with van der Waals surface area (Å²) in [6.07, 6.45) is 12.8. The van der Waals surface area contributed by atoms with Crippen molar-refractivity contribution in [3.63, 3.8) is 0 Å². The van der Waals surface area contributed by atoms with Crippen molar-refractivity contribution in [1.29, 1.82) is 0 Å². The highest BCUT2D eigenvalue weighted by atomic mass is 33.1. The van der Waals surface area contributed by atoms with E-state index < -0.39 is 161 Å². The molecule has 1 aliphatic carbocycles. The molecule has 0 spiro atoms. The van der Waals surface area contributed by atoms with Crippen LogP contribution in [0.25, 0.3) is 11.2 Å². The molecule has 5 heterocycles. The van der Waals surface area contributed by atoms with Gasteiger partial charge in [0.25, 0.3) is 23.2 Å². The van der Waals surface area contributed by atoms with Gasteiger partial charge < -0.3 is 95.9 Å². The number of aromatic nitrogens is 4. The standard InChI is InChI=1S/C76H120N6O20S2.C20H22N6O4.4CO2/c1-44-22-16-15-17-23-45(2)63(96-12)42-56-29-27-52(9)76(95,102-56)69(89)72(92)82-32-19-18-25-58(82)73(93)100-64(47(4)39-55-28-30-60(85)65(41-55)97-13)43-61(86)46(3)37-49(6)67(68(98-14)66(88)48(5)36-44)101-75(94)99-33-35-104-103-34-21-26-59(84)54(11)80-70(90)51(8)40-62(87)57(24-20-31-79-74(77)78)81-71(91)50(7)38-53(10)83;1-3-4-15(20(29)30)26-18(27)12-5-7-13(8-6-12)21-9-14-10-22-17-16(25-14)19(28)24-11(2)23-17;4*2-1-3/h15-17,22-23,37,44,46-48,50-52,54-58,60,63-65,67-68,85,95H,18-21,24-36,38-43H2,1-14H3,(H,80,90)(H,81,91)(H4,77,78,79);5-8,10,15,21H,3-4,9H2,1-2H3,(H,26,27)(H,29,30)(H,22,23,24,28);;;;/b17-15+,22-16+,45-23+,49-37+;;;;;/t44-,46-,47-,48-,50-,51-,52-,54+,55+,56+,57+,58+,60-,63+,64+,65-,67-,68+,76-;15-;;;;/m10..../s1. The zero-order valence-electron chi connectivity index (χ0n) is 85.6. The summed E-state index contributed by atoms with van der Waals surface area (Å²) < 4.78 is 41.5. The summed E-state index contributed by atoms with van der Waals surface area (Å²) in [4.78, 5) is 272. The molecule has 20 atom stereocenters. The lowest BCUT2D eigenvalue weighted by Gasteiger charge is -2.42. The average Bonchev–Trinajstić information content (AvgIpc) is 0.767. The number of allylic oxidation sites excluding steroid dienone is 6. The van der Waals surface area contributed by atoms with Gasteiger partial charge in [0.15, 0.2) is 46.7 Å². The maximum atomic E-state index is 14.8. The number of ether oxygens (including phenoxy) is 7. The number of Topliss-reactive ketones (excluding diaryl/α,β-unsaturated/α-hetero) is 6. The second-order valence-electron chi connectivity index (χ2n) is 36.2. The maximum absolute atomic E-state index is 14.8. The Morgan fingerprint density at radius 3 is 1.99 bits per heavy atom. The number of nitrogens with one attached hydrogen (secondary N) is 5. The number of carboxylic acid groups (broad SMARTS) is 1. The Morgan fingerprint density at radius 2 is 1.37 bits per heavy atom. The average molecular weight is 2090 g/mol. The molecule has 4 aliphatic rings. The molecule has 1 saturated carbocycles. The number of aliphatic hydroxyl groups excluding tert-OH is 1. The fraction of sp³-hybridized carbons (Fsp3) is 0.620. The van der Waals surface area contributed by atoms with Crippen LogP contribution in [-0.4, -0.2) is 272 Å². The van der Waals surface area contributed by atoms with E-state index in [-0.39, 0.29) is 147 Å². The number of carboxylic acids is 1. The van der Waals surface area contributed by atoms with E-state index in [2.05, 4.69) is 46.2 Å². The van der Waals surface area contributed by atoms with E-state index in [9.17, 15) is 77.3 Å². The van der Waals surface area contributed by atoms with E-state index in [0.29, 0.717) is 124 Å². The number of aliphatic imine (C=N–C) groups is 1. The van der Waals surface area contributed by atoms with Crippen molar-refractivity contribution < 1.29 is 149 Å². The first-order valence-electron chi connectivity index (χ1n) is 48.0. The van der Waals surface area contributed by atoms with Gasteiger partial charge >= 0.3 is 42.7 Å². The summed E-state index contributed by atoms with van der Waals surface area (Å²) in [6, 6.07) is 2.66. The first-order valence-corrected chi connectivity index (χ1v) is 50.5. The predicted molar refractivity (Wildman–Crippen MR) is 527 cm³/mol. The third-order valence-corrected chi connectivity index (χ3v) is 27.1. The Bertz CT molecular complexity index is 5090. The fourth-order valence-corrected chi connectivity index (χ4v) is 18.6. The Morgan fingerprint density at radius 1 is 0.726 bits per heavy atom. The largest absolute Gasteiger partial charge is 0.509 e. The highest BCUT2D eigenvalue weighted by Crippen LogP contribution is 2.39. The summed E-state index contributed by atoms with van der Waals surface area (Å²) >= 11 is 0. The van der Waals surface area contributed by atoms with Crippen LogP contribution in [0.2, 0.25) is 0 Å². The van der Waals surface area contributed by atoms with E-state index in [1.807, 2.05) is 58.1 Å². The second kappa shape index (κ2) is 69.6. The molecule has 146 heavy (non-hydrogen) atoms. The van der Waals surface area contributed by atoms with Crippen LogP contribution >= 0.6 is 21.6 Å². The zero-order valence-corrected chi connectivity index (χ0v) is 87.2. The number of cyclic esters (lactones) is 1. The van der Waals surface area contributed by atoms with E-state index >= 15 is 0 Å². The number of hydrogen-bond acceptors (Lipinski definition) is 38. The number of carbonyl (C=O) groups excluding carboxylic acids is 20. The molecule has 7 rings (SSSR count). The number of benzene rings is 1. The van der Waals surface area contributed by atoms with Crippen LogP contribution in [0.15, 0.2) is 87.9 Å². The topological polar surface area (TPSA) is 671 Å². The maximum Gasteiger partial charge on any atom is 0.509 e. The number of piperidine rings is 1. The molecule has 46 heteroatoms. The van der Waals surface area contributed by atoms with Gasteiger partial charge in [0.2, 0.25) is 17.6 Å². The third kappa shape index (κ3) is 46.1. The molecule has 2 bridgehead atoms. The van der Waals surface area contributed by atoms with Crippen molar-refractivity contribution in [3.8, 4) is 0 Å².